The summed E-state index contributed by atoms with van der Waals surface area (Å²) in [6.45, 7) is 2.66. The van der Waals surface area contributed by atoms with E-state index >= 15 is 0 Å². The number of H-pyrrole nitrogens is 1. The summed E-state index contributed by atoms with van der Waals surface area (Å²) in [4.78, 5) is 20.0. The Hall–Kier alpha value is -1.91. The minimum Gasteiger partial charge on any atom is -0.377 e. The first-order valence-corrected chi connectivity index (χ1v) is 6.66. The summed E-state index contributed by atoms with van der Waals surface area (Å²) in [6, 6.07) is 1.67. The minimum atomic E-state index is -0.252. The van der Waals surface area contributed by atoms with Gasteiger partial charge in [0, 0.05) is 19.7 Å². The van der Waals surface area contributed by atoms with E-state index in [2.05, 4.69) is 25.6 Å². The van der Waals surface area contributed by atoms with Crippen molar-refractivity contribution in [3.8, 4) is 0 Å². The molecule has 2 heterocycles. The van der Waals surface area contributed by atoms with E-state index in [1.54, 1.807) is 13.2 Å². The first-order valence-electron chi connectivity index (χ1n) is 5.84. The van der Waals surface area contributed by atoms with Gasteiger partial charge in [-0.2, -0.15) is 0 Å². The van der Waals surface area contributed by atoms with Crippen molar-refractivity contribution in [3.05, 3.63) is 22.4 Å². The Labute approximate surface area is 118 Å². The van der Waals surface area contributed by atoms with Gasteiger partial charge in [0.05, 0.1) is 0 Å². The summed E-state index contributed by atoms with van der Waals surface area (Å²) in [6.07, 6.45) is 0. The molecule has 20 heavy (non-hydrogen) atoms. The molecular weight excluding hydrogens is 282 g/mol. The predicted molar refractivity (Wildman–Crippen MR) is 73.2 cm³/mol. The molecule has 0 atom stereocenters. The molecule has 0 saturated carbocycles. The number of aromatic nitrogens is 5. The third kappa shape index (κ3) is 3.15. The van der Waals surface area contributed by atoms with Crippen molar-refractivity contribution >= 4 is 17.6 Å². The molecular formula is C10H15N7O2S. The molecule has 2 rings (SSSR count). The molecule has 10 heteroatoms. The summed E-state index contributed by atoms with van der Waals surface area (Å²) in [5, 5.41) is 7.51. The van der Waals surface area contributed by atoms with E-state index in [0.717, 1.165) is 0 Å². The van der Waals surface area contributed by atoms with Gasteiger partial charge in [0.2, 0.25) is 0 Å². The zero-order valence-corrected chi connectivity index (χ0v) is 11.9. The Kier molecular flexibility index (Phi) is 4.71. The Morgan fingerprint density at radius 1 is 1.55 bits per heavy atom. The number of ether oxygens (including phenoxy) is 1. The van der Waals surface area contributed by atoms with E-state index in [1.807, 2.05) is 6.92 Å². The summed E-state index contributed by atoms with van der Waals surface area (Å²) >= 11 is 1.25. The van der Waals surface area contributed by atoms with Crippen LogP contribution in [0.5, 0.6) is 0 Å². The molecule has 0 aliphatic carbocycles. The molecule has 108 valence electrons. The second kappa shape index (κ2) is 6.50. The van der Waals surface area contributed by atoms with Crippen molar-refractivity contribution in [3.63, 3.8) is 0 Å². The van der Waals surface area contributed by atoms with Crippen LogP contribution in [0.2, 0.25) is 0 Å². The molecule has 0 spiro atoms. The van der Waals surface area contributed by atoms with Gasteiger partial charge < -0.3 is 10.2 Å². The van der Waals surface area contributed by atoms with Crippen LogP contribution in [0.4, 0.5) is 5.82 Å². The maximum Gasteiger partial charge on any atom is 0.343 e. The predicted octanol–water partition coefficient (Wildman–Crippen LogP) is -0.0355. The average Bonchev–Trinajstić information content (AvgIpc) is 2.79. The highest BCUT2D eigenvalue weighted by Crippen LogP contribution is 2.24. The summed E-state index contributed by atoms with van der Waals surface area (Å²) < 4.78 is 6.51. The quantitative estimate of drug-likeness (QED) is 0.385. The van der Waals surface area contributed by atoms with Crippen LogP contribution in [-0.2, 0) is 17.9 Å². The maximum absolute atomic E-state index is 11.5. The van der Waals surface area contributed by atoms with Gasteiger partial charge in [-0.25, -0.2) is 25.7 Å². The molecule has 0 aliphatic rings. The van der Waals surface area contributed by atoms with Crippen molar-refractivity contribution in [2.24, 2.45) is 5.84 Å². The van der Waals surface area contributed by atoms with E-state index in [1.165, 1.54) is 16.3 Å². The fraction of sp³-hybridized carbons (Fsp3) is 0.400. The van der Waals surface area contributed by atoms with Crippen LogP contribution in [-0.4, -0.2) is 31.8 Å². The van der Waals surface area contributed by atoms with Crippen LogP contribution in [0.1, 0.15) is 12.7 Å². The van der Waals surface area contributed by atoms with Gasteiger partial charge >= 0.3 is 5.69 Å². The molecule has 9 nitrogen and oxygen atoms in total. The zero-order valence-electron chi connectivity index (χ0n) is 11.1. The highest BCUT2D eigenvalue weighted by molar-refractivity contribution is 7.99. The van der Waals surface area contributed by atoms with Gasteiger partial charge in [0.15, 0.2) is 11.0 Å². The smallest absolute Gasteiger partial charge is 0.343 e. The van der Waals surface area contributed by atoms with Crippen LogP contribution < -0.4 is 17.0 Å². The molecule has 0 radical (unpaired) electrons. The van der Waals surface area contributed by atoms with Crippen molar-refractivity contribution in [1.29, 1.82) is 0 Å². The van der Waals surface area contributed by atoms with Gasteiger partial charge in [-0.3, -0.25) is 4.57 Å². The minimum absolute atomic E-state index is 0.252. The van der Waals surface area contributed by atoms with Gasteiger partial charge in [-0.1, -0.05) is 0 Å². The number of hydrazine groups is 1. The van der Waals surface area contributed by atoms with E-state index in [4.69, 9.17) is 10.6 Å². The number of nitrogens with zero attached hydrogens (tertiary/aromatic N) is 4. The second-order valence-electron chi connectivity index (χ2n) is 3.74. The summed E-state index contributed by atoms with van der Waals surface area (Å²) in [5.74, 6) is 6.33. The Morgan fingerprint density at radius 2 is 2.35 bits per heavy atom. The molecule has 0 bridgehead atoms. The largest absolute Gasteiger partial charge is 0.377 e. The van der Waals surface area contributed by atoms with Crippen LogP contribution in [0.25, 0.3) is 0 Å². The SMILES string of the molecule is CCn1c(Sc2cc(NN)nc(COC)n2)n[nH]c1=O. The Bertz CT molecular complexity index is 639. The maximum atomic E-state index is 11.5. The van der Waals surface area contributed by atoms with Crippen LogP contribution in [0.3, 0.4) is 0 Å². The number of nitrogens with one attached hydrogen (secondary N) is 2. The monoisotopic (exact) mass is 297 g/mol. The first-order chi connectivity index (χ1) is 9.67. The van der Waals surface area contributed by atoms with Gasteiger partial charge in [0.25, 0.3) is 0 Å². The molecule has 2 aromatic rings. The lowest BCUT2D eigenvalue weighted by Gasteiger charge is -2.06. The molecule has 0 aliphatic heterocycles. The second-order valence-corrected chi connectivity index (χ2v) is 4.73. The standard InChI is InChI=1S/C10H15N7O2S/c1-3-17-9(18)15-16-10(17)20-8-4-6(14-11)12-7(13-8)5-19-2/h4H,3,5,11H2,1-2H3,(H,15,18)(H,12,13,14). The number of methoxy groups -OCH3 is 1. The Morgan fingerprint density at radius 3 is 3.00 bits per heavy atom. The van der Waals surface area contributed by atoms with Gasteiger partial charge in [0.1, 0.15) is 17.5 Å². The zero-order chi connectivity index (χ0) is 14.5. The number of nitrogens with two attached hydrogens (primary N) is 1. The highest BCUT2D eigenvalue weighted by Gasteiger charge is 2.11. The molecule has 0 fully saturated rings. The number of hydrogen-bond donors (Lipinski definition) is 3. The highest BCUT2D eigenvalue weighted by atomic mass is 32.2. The number of anilines is 1. The number of aromatic amines is 1. The summed E-state index contributed by atoms with van der Waals surface area (Å²) in [7, 11) is 1.56. The van der Waals surface area contributed by atoms with E-state index in [0.29, 0.717) is 28.4 Å². The molecule has 0 saturated heterocycles. The van der Waals surface area contributed by atoms with E-state index < -0.39 is 0 Å². The number of hydrogen-bond acceptors (Lipinski definition) is 8. The fourth-order valence-corrected chi connectivity index (χ4v) is 2.47. The van der Waals surface area contributed by atoms with Crippen molar-refractivity contribution < 1.29 is 4.74 Å². The third-order valence-electron chi connectivity index (χ3n) is 2.41. The van der Waals surface area contributed by atoms with Gasteiger partial charge in [-0.05, 0) is 18.7 Å². The van der Waals surface area contributed by atoms with Crippen LogP contribution in [0.15, 0.2) is 21.0 Å². The fourth-order valence-electron chi connectivity index (χ4n) is 1.55. The Balaban J connectivity index is 2.32. The van der Waals surface area contributed by atoms with Crippen LogP contribution >= 0.6 is 11.8 Å². The number of rotatable bonds is 6. The lowest BCUT2D eigenvalue weighted by atomic mass is 10.5. The average molecular weight is 297 g/mol. The van der Waals surface area contributed by atoms with Crippen molar-refractivity contribution in [1.82, 2.24) is 24.7 Å². The normalized spacial score (nSPS) is 10.8. The summed E-state index contributed by atoms with van der Waals surface area (Å²) in [5.41, 5.74) is 2.22. The topological polar surface area (TPSA) is 124 Å². The van der Waals surface area contributed by atoms with Crippen molar-refractivity contribution in [2.75, 3.05) is 12.5 Å². The third-order valence-corrected chi connectivity index (χ3v) is 3.32. The molecule has 0 unspecified atom stereocenters. The first kappa shape index (κ1) is 14.5. The number of nitrogen functional groups attached to an aromatic ring is 1. The lowest BCUT2D eigenvalue weighted by molar-refractivity contribution is 0.177. The molecule has 0 amide bonds. The lowest BCUT2D eigenvalue weighted by Crippen LogP contribution is -2.16. The van der Waals surface area contributed by atoms with E-state index in [-0.39, 0.29) is 12.3 Å². The van der Waals surface area contributed by atoms with Crippen LogP contribution in [0, 0.1) is 0 Å². The molecule has 4 N–H and O–H groups in total. The molecule has 2 aromatic heterocycles. The van der Waals surface area contributed by atoms with Crippen molar-refractivity contribution in [2.45, 2.75) is 30.3 Å². The van der Waals surface area contributed by atoms with Gasteiger partial charge in [-0.15, -0.1) is 5.10 Å². The van der Waals surface area contributed by atoms with E-state index in [9.17, 15) is 4.79 Å². The molecule has 0 aromatic carbocycles.